The molecule has 0 atom stereocenters. The first-order chi connectivity index (χ1) is 18.5. The molecule has 0 aliphatic rings. The maximum absolute atomic E-state index is 10.3. The summed E-state index contributed by atoms with van der Waals surface area (Å²) in [5, 5.41) is 27.4. The molecule has 0 aliphatic carbocycles. The van der Waals surface area contributed by atoms with Crippen LogP contribution >= 0.6 is 0 Å². The van der Waals surface area contributed by atoms with Crippen LogP contribution in [-0.2, 0) is 0 Å². The molecule has 38 heavy (non-hydrogen) atoms. The highest BCUT2D eigenvalue weighted by molar-refractivity contribution is 5.85. The highest BCUT2D eigenvalue weighted by atomic mass is 16.3. The van der Waals surface area contributed by atoms with Crippen molar-refractivity contribution in [2.24, 2.45) is 9.98 Å². The first-order valence-electron chi connectivity index (χ1n) is 14.1. The van der Waals surface area contributed by atoms with E-state index >= 15 is 0 Å². The fourth-order valence-electron chi connectivity index (χ4n) is 4.20. The van der Waals surface area contributed by atoms with Crippen molar-refractivity contribution >= 4 is 23.8 Å². The summed E-state index contributed by atoms with van der Waals surface area (Å²) in [5.74, 6) is 0.548. The van der Waals surface area contributed by atoms with E-state index in [4.69, 9.17) is 0 Å². The average molecular weight is 525 g/mol. The number of benzene rings is 2. The molecule has 0 unspecified atom stereocenters. The lowest BCUT2D eigenvalue weighted by Crippen LogP contribution is -2.29. The van der Waals surface area contributed by atoms with E-state index < -0.39 is 0 Å². The molecule has 8 heteroatoms. The minimum absolute atomic E-state index is 0.274. The van der Waals surface area contributed by atoms with Crippen molar-refractivity contribution in [2.45, 2.75) is 40.5 Å². The molecule has 0 aromatic heterocycles. The van der Waals surface area contributed by atoms with Gasteiger partial charge in [0.2, 0.25) is 0 Å². The summed E-state index contributed by atoms with van der Waals surface area (Å²) >= 11 is 0. The number of aliphatic imine (C=N–C) groups is 2. The SMILES string of the molecule is CCN(CC)c1ccc(C=NCCCNCCNCCCN=Cc2ccc(N(CC)CC)cc2O)c(O)c1. The molecule has 0 aliphatic heterocycles. The average Bonchev–Trinajstić information content (AvgIpc) is 2.92. The molecule has 0 fully saturated rings. The van der Waals surface area contributed by atoms with Crippen LogP contribution in [0.4, 0.5) is 11.4 Å². The van der Waals surface area contributed by atoms with E-state index in [0.29, 0.717) is 0 Å². The second-order valence-corrected chi connectivity index (χ2v) is 9.11. The van der Waals surface area contributed by atoms with Gasteiger partial charge in [-0.25, -0.2) is 0 Å². The normalized spacial score (nSPS) is 11.6. The van der Waals surface area contributed by atoms with Gasteiger partial charge >= 0.3 is 0 Å². The lowest BCUT2D eigenvalue weighted by atomic mass is 10.2. The van der Waals surface area contributed by atoms with E-state index in [1.54, 1.807) is 12.4 Å². The van der Waals surface area contributed by atoms with Crippen LogP contribution in [0.15, 0.2) is 46.4 Å². The zero-order valence-electron chi connectivity index (χ0n) is 23.8. The third kappa shape index (κ3) is 10.7. The number of nitrogens with one attached hydrogen (secondary N) is 2. The van der Waals surface area contributed by atoms with Gasteiger partial charge in [-0.3, -0.25) is 9.98 Å². The fraction of sp³-hybridized carbons (Fsp3) is 0.533. The molecule has 0 saturated heterocycles. The van der Waals surface area contributed by atoms with Crippen LogP contribution < -0.4 is 20.4 Å². The Morgan fingerprint density at radius 2 is 1.03 bits per heavy atom. The molecule has 2 aromatic carbocycles. The molecule has 0 bridgehead atoms. The lowest BCUT2D eigenvalue weighted by molar-refractivity contribution is 0.474. The first-order valence-corrected chi connectivity index (χ1v) is 14.1. The van der Waals surface area contributed by atoms with Crippen LogP contribution in [0.25, 0.3) is 0 Å². The van der Waals surface area contributed by atoms with Crippen LogP contribution in [0.1, 0.15) is 51.7 Å². The summed E-state index contributed by atoms with van der Waals surface area (Å²) < 4.78 is 0. The van der Waals surface area contributed by atoms with Gasteiger partial charge in [-0.2, -0.15) is 0 Å². The highest BCUT2D eigenvalue weighted by Gasteiger charge is 2.06. The Bertz CT molecular complexity index is 907. The van der Waals surface area contributed by atoms with Gasteiger partial charge in [-0.15, -0.1) is 0 Å². The molecule has 0 amide bonds. The third-order valence-electron chi connectivity index (χ3n) is 6.51. The summed E-state index contributed by atoms with van der Waals surface area (Å²) in [5.41, 5.74) is 3.58. The molecule has 2 rings (SSSR count). The summed E-state index contributed by atoms with van der Waals surface area (Å²) in [6.07, 6.45) is 5.42. The quantitative estimate of drug-likeness (QED) is 0.162. The van der Waals surface area contributed by atoms with Crippen LogP contribution in [-0.4, -0.2) is 88.1 Å². The number of hydrogen-bond donors (Lipinski definition) is 4. The summed E-state index contributed by atoms with van der Waals surface area (Å²) in [7, 11) is 0. The van der Waals surface area contributed by atoms with Gasteiger partial charge in [0.15, 0.2) is 0 Å². The smallest absolute Gasteiger partial charge is 0.126 e. The minimum atomic E-state index is 0.274. The third-order valence-corrected chi connectivity index (χ3v) is 6.51. The topological polar surface area (TPSA) is 95.7 Å². The van der Waals surface area contributed by atoms with E-state index in [9.17, 15) is 10.2 Å². The van der Waals surface area contributed by atoms with Crippen molar-refractivity contribution in [3.05, 3.63) is 47.5 Å². The van der Waals surface area contributed by atoms with Gasteiger partial charge in [0.05, 0.1) is 0 Å². The minimum Gasteiger partial charge on any atom is -0.507 e. The molecule has 210 valence electrons. The van der Waals surface area contributed by atoms with Crippen molar-refractivity contribution < 1.29 is 10.2 Å². The zero-order valence-corrected chi connectivity index (χ0v) is 23.8. The molecule has 0 spiro atoms. The van der Waals surface area contributed by atoms with Gasteiger partial charge < -0.3 is 30.6 Å². The maximum Gasteiger partial charge on any atom is 0.126 e. The molecule has 0 heterocycles. The van der Waals surface area contributed by atoms with Crippen molar-refractivity contribution in [3.63, 3.8) is 0 Å². The van der Waals surface area contributed by atoms with Gasteiger partial charge in [0, 0.05) is 99.4 Å². The van der Waals surface area contributed by atoms with Crippen molar-refractivity contribution in [1.82, 2.24) is 10.6 Å². The van der Waals surface area contributed by atoms with Crippen molar-refractivity contribution in [1.29, 1.82) is 0 Å². The van der Waals surface area contributed by atoms with Crippen LogP contribution in [0.2, 0.25) is 0 Å². The summed E-state index contributed by atoms with van der Waals surface area (Å²) in [4.78, 5) is 13.3. The van der Waals surface area contributed by atoms with Gasteiger partial charge in [-0.1, -0.05) is 0 Å². The van der Waals surface area contributed by atoms with Gasteiger partial charge in [0.25, 0.3) is 0 Å². The predicted molar refractivity (Wildman–Crippen MR) is 163 cm³/mol. The molecule has 0 radical (unpaired) electrons. The highest BCUT2D eigenvalue weighted by Crippen LogP contribution is 2.24. The van der Waals surface area contributed by atoms with Gasteiger partial charge in [0.1, 0.15) is 11.5 Å². The van der Waals surface area contributed by atoms with Crippen LogP contribution in [0.3, 0.4) is 0 Å². The second kappa shape index (κ2) is 18.2. The maximum atomic E-state index is 10.3. The molecule has 0 saturated carbocycles. The largest absolute Gasteiger partial charge is 0.507 e. The molecular formula is C30H48N6O2. The Hall–Kier alpha value is -3.10. The number of phenols is 2. The Labute approximate surface area is 229 Å². The number of phenolic OH excluding ortho intramolecular Hbond substituents is 2. The Morgan fingerprint density at radius 1 is 0.632 bits per heavy atom. The first kappa shape index (κ1) is 31.1. The van der Waals surface area contributed by atoms with Crippen molar-refractivity contribution in [2.75, 3.05) is 75.2 Å². The Morgan fingerprint density at radius 3 is 1.37 bits per heavy atom. The number of aromatic hydroxyl groups is 2. The number of anilines is 2. The van der Waals surface area contributed by atoms with Crippen LogP contribution in [0.5, 0.6) is 11.5 Å². The summed E-state index contributed by atoms with van der Waals surface area (Å²) in [6, 6.07) is 11.5. The Balaban J connectivity index is 1.51. The molecular weight excluding hydrogens is 476 g/mol. The predicted octanol–water partition coefficient (Wildman–Crippen LogP) is 4.29. The van der Waals surface area contributed by atoms with Gasteiger partial charge in [-0.05, 0) is 77.9 Å². The fourth-order valence-corrected chi connectivity index (χ4v) is 4.20. The molecule has 4 N–H and O–H groups in total. The van der Waals surface area contributed by atoms with E-state index in [-0.39, 0.29) is 11.5 Å². The van der Waals surface area contributed by atoms with E-state index in [2.05, 4.69) is 58.1 Å². The summed E-state index contributed by atoms with van der Waals surface area (Å²) in [6.45, 7) is 17.2. The Kier molecular flexibility index (Phi) is 14.9. The molecule has 2 aromatic rings. The van der Waals surface area contributed by atoms with Crippen molar-refractivity contribution in [3.8, 4) is 11.5 Å². The lowest BCUT2D eigenvalue weighted by Gasteiger charge is -2.21. The monoisotopic (exact) mass is 524 g/mol. The molecule has 8 nitrogen and oxygen atoms in total. The second-order valence-electron chi connectivity index (χ2n) is 9.11. The number of rotatable bonds is 19. The standard InChI is InChI=1S/C30H48N6O2/c1-5-35(6-2)27-13-11-25(29(37)21-27)23-33-17-9-15-31-19-20-32-16-10-18-34-24-26-12-14-28(22-30(26)38)36(7-3)8-4/h11-14,21-24,31-32,37-38H,5-10,15-20H2,1-4H3. The zero-order chi connectivity index (χ0) is 27.6. The van der Waals surface area contributed by atoms with E-state index in [0.717, 1.165) is 101 Å². The van der Waals surface area contributed by atoms with E-state index in [1.165, 1.54) is 0 Å². The number of nitrogens with zero attached hydrogens (tertiary/aromatic N) is 4. The number of hydrogen-bond acceptors (Lipinski definition) is 8. The van der Waals surface area contributed by atoms with Crippen LogP contribution in [0, 0.1) is 0 Å². The van der Waals surface area contributed by atoms with E-state index in [1.807, 2.05) is 36.4 Å².